The van der Waals surface area contributed by atoms with E-state index >= 15 is 0 Å². The molecule has 0 aromatic heterocycles. The van der Waals surface area contributed by atoms with E-state index in [0.29, 0.717) is 25.2 Å². The SMILES string of the molecule is Cc1c(Cl)cc(S(=O)(=O)N2CCN(Cc3ccc(C#N)cc3)CC2)cc1[N+](=O)[O-]. The Hall–Kier alpha value is -2.51. The smallest absolute Gasteiger partial charge is 0.275 e. The van der Waals surface area contributed by atoms with E-state index in [1.165, 1.54) is 17.3 Å². The lowest BCUT2D eigenvalue weighted by molar-refractivity contribution is -0.385. The number of hydrogen-bond donors (Lipinski definition) is 0. The Morgan fingerprint density at radius 3 is 2.34 bits per heavy atom. The van der Waals surface area contributed by atoms with Crippen molar-refractivity contribution in [2.45, 2.75) is 18.4 Å². The summed E-state index contributed by atoms with van der Waals surface area (Å²) >= 11 is 6.03. The lowest BCUT2D eigenvalue weighted by Gasteiger charge is -2.34. The predicted octanol–water partition coefficient (Wildman–Crippen LogP) is 2.93. The van der Waals surface area contributed by atoms with Crippen LogP contribution in [0, 0.1) is 28.4 Å². The van der Waals surface area contributed by atoms with Crippen molar-refractivity contribution in [1.29, 1.82) is 5.26 Å². The van der Waals surface area contributed by atoms with Gasteiger partial charge in [0.15, 0.2) is 0 Å². The van der Waals surface area contributed by atoms with Gasteiger partial charge in [-0.1, -0.05) is 23.7 Å². The van der Waals surface area contributed by atoms with Crippen molar-refractivity contribution in [1.82, 2.24) is 9.21 Å². The molecule has 2 aromatic carbocycles. The molecule has 0 saturated carbocycles. The molecule has 1 fully saturated rings. The zero-order chi connectivity index (χ0) is 21.2. The molecule has 152 valence electrons. The Kier molecular flexibility index (Phi) is 6.19. The summed E-state index contributed by atoms with van der Waals surface area (Å²) in [6.45, 7) is 3.75. The Labute approximate surface area is 174 Å². The van der Waals surface area contributed by atoms with Gasteiger partial charge < -0.3 is 0 Å². The molecule has 0 N–H and O–H groups in total. The van der Waals surface area contributed by atoms with Crippen molar-refractivity contribution in [3.8, 4) is 6.07 Å². The van der Waals surface area contributed by atoms with Gasteiger partial charge in [0.25, 0.3) is 5.69 Å². The van der Waals surface area contributed by atoms with Gasteiger partial charge in [0, 0.05) is 44.4 Å². The summed E-state index contributed by atoms with van der Waals surface area (Å²) in [6, 6.07) is 11.7. The second-order valence-corrected chi connectivity index (χ2v) is 9.14. The van der Waals surface area contributed by atoms with Crippen LogP contribution in [0.25, 0.3) is 0 Å². The van der Waals surface area contributed by atoms with E-state index in [1.54, 1.807) is 12.1 Å². The maximum Gasteiger partial charge on any atom is 0.275 e. The molecule has 1 aliphatic heterocycles. The molecule has 0 unspecified atom stereocenters. The lowest BCUT2D eigenvalue weighted by Crippen LogP contribution is -2.48. The van der Waals surface area contributed by atoms with Crippen LogP contribution < -0.4 is 0 Å². The molecule has 1 aliphatic rings. The Morgan fingerprint density at radius 2 is 1.79 bits per heavy atom. The summed E-state index contributed by atoms with van der Waals surface area (Å²) in [6.07, 6.45) is 0. The van der Waals surface area contributed by atoms with Crippen LogP contribution in [-0.2, 0) is 16.6 Å². The fourth-order valence-corrected chi connectivity index (χ4v) is 4.95. The standard InChI is InChI=1S/C19H19ClN4O4S/c1-14-18(20)10-17(11-19(14)24(25)26)29(27,28)23-8-6-22(7-9-23)13-16-4-2-15(12-21)3-5-16/h2-5,10-11H,6-9,13H2,1H3. The minimum Gasteiger partial charge on any atom is -0.296 e. The van der Waals surface area contributed by atoms with Gasteiger partial charge in [0.05, 0.1) is 26.5 Å². The van der Waals surface area contributed by atoms with Crippen LogP contribution in [0.1, 0.15) is 16.7 Å². The molecule has 0 aliphatic carbocycles. The first-order chi connectivity index (χ1) is 13.7. The third-order valence-corrected chi connectivity index (χ3v) is 7.21. The van der Waals surface area contributed by atoms with Gasteiger partial charge in [-0.3, -0.25) is 15.0 Å². The molecular formula is C19H19ClN4O4S. The molecule has 0 radical (unpaired) electrons. The minimum atomic E-state index is -3.88. The van der Waals surface area contributed by atoms with Gasteiger partial charge in [-0.15, -0.1) is 0 Å². The number of nitriles is 1. The van der Waals surface area contributed by atoms with Crippen LogP contribution >= 0.6 is 11.6 Å². The summed E-state index contributed by atoms with van der Waals surface area (Å²) in [4.78, 5) is 12.5. The summed E-state index contributed by atoms with van der Waals surface area (Å²) in [7, 11) is -3.88. The molecule has 0 atom stereocenters. The van der Waals surface area contributed by atoms with Gasteiger partial charge in [0.1, 0.15) is 0 Å². The number of halogens is 1. The average Bonchev–Trinajstić information content (AvgIpc) is 2.70. The first kappa shape index (κ1) is 21.2. The molecule has 0 amide bonds. The maximum atomic E-state index is 13.0. The van der Waals surface area contributed by atoms with E-state index in [-0.39, 0.29) is 34.3 Å². The number of piperazine rings is 1. The Balaban J connectivity index is 1.71. The number of sulfonamides is 1. The van der Waals surface area contributed by atoms with Crippen LogP contribution in [0.5, 0.6) is 0 Å². The summed E-state index contributed by atoms with van der Waals surface area (Å²) in [5.41, 5.74) is 1.56. The Bertz CT molecular complexity index is 1070. The van der Waals surface area contributed by atoms with Crippen LogP contribution in [0.15, 0.2) is 41.3 Å². The largest absolute Gasteiger partial charge is 0.296 e. The zero-order valence-electron chi connectivity index (χ0n) is 15.7. The van der Waals surface area contributed by atoms with Crippen molar-refractivity contribution >= 4 is 27.3 Å². The number of hydrogen-bond acceptors (Lipinski definition) is 6. The first-order valence-electron chi connectivity index (χ1n) is 8.88. The molecular weight excluding hydrogens is 416 g/mol. The second kappa shape index (κ2) is 8.47. The molecule has 10 heteroatoms. The van der Waals surface area contributed by atoms with Crippen molar-refractivity contribution < 1.29 is 13.3 Å². The fourth-order valence-electron chi connectivity index (χ4n) is 3.20. The summed E-state index contributed by atoms with van der Waals surface area (Å²) in [5.74, 6) is 0. The summed E-state index contributed by atoms with van der Waals surface area (Å²) in [5, 5.41) is 20.1. The van der Waals surface area contributed by atoms with Gasteiger partial charge in [-0.25, -0.2) is 8.42 Å². The third kappa shape index (κ3) is 4.57. The van der Waals surface area contributed by atoms with Gasteiger partial charge in [0.2, 0.25) is 10.0 Å². The van der Waals surface area contributed by atoms with Crippen molar-refractivity contribution in [2.24, 2.45) is 0 Å². The van der Waals surface area contributed by atoms with Gasteiger partial charge in [-0.05, 0) is 30.7 Å². The van der Waals surface area contributed by atoms with Gasteiger partial charge in [-0.2, -0.15) is 9.57 Å². The molecule has 1 saturated heterocycles. The topological polar surface area (TPSA) is 108 Å². The number of nitro groups is 1. The van der Waals surface area contributed by atoms with E-state index in [2.05, 4.69) is 11.0 Å². The molecule has 2 aromatic rings. The number of nitro benzene ring substituents is 1. The maximum absolute atomic E-state index is 13.0. The number of rotatable bonds is 5. The van der Waals surface area contributed by atoms with Gasteiger partial charge >= 0.3 is 0 Å². The molecule has 3 rings (SSSR count). The van der Waals surface area contributed by atoms with Crippen LogP contribution in [0.4, 0.5) is 5.69 Å². The van der Waals surface area contributed by atoms with E-state index in [9.17, 15) is 18.5 Å². The highest BCUT2D eigenvalue weighted by atomic mass is 35.5. The van der Waals surface area contributed by atoms with Crippen molar-refractivity contribution in [3.05, 3.63) is 68.2 Å². The first-order valence-corrected chi connectivity index (χ1v) is 10.7. The predicted molar refractivity (Wildman–Crippen MR) is 108 cm³/mol. The number of benzene rings is 2. The third-order valence-electron chi connectivity index (χ3n) is 4.95. The highest BCUT2D eigenvalue weighted by Gasteiger charge is 2.31. The minimum absolute atomic E-state index is 0.0530. The van der Waals surface area contributed by atoms with Crippen molar-refractivity contribution in [2.75, 3.05) is 26.2 Å². The molecule has 8 nitrogen and oxygen atoms in total. The molecule has 0 spiro atoms. The molecule has 29 heavy (non-hydrogen) atoms. The van der Waals surface area contributed by atoms with E-state index in [4.69, 9.17) is 16.9 Å². The van der Waals surface area contributed by atoms with E-state index < -0.39 is 14.9 Å². The highest BCUT2D eigenvalue weighted by Crippen LogP contribution is 2.31. The average molecular weight is 435 g/mol. The zero-order valence-corrected chi connectivity index (χ0v) is 17.3. The molecule has 1 heterocycles. The second-order valence-electron chi connectivity index (χ2n) is 6.80. The normalized spacial score (nSPS) is 15.8. The molecule has 0 bridgehead atoms. The van der Waals surface area contributed by atoms with E-state index in [0.717, 1.165) is 11.6 Å². The Morgan fingerprint density at radius 1 is 1.17 bits per heavy atom. The van der Waals surface area contributed by atoms with Crippen LogP contribution in [0.3, 0.4) is 0 Å². The quantitative estimate of drug-likeness (QED) is 0.528. The highest BCUT2D eigenvalue weighted by molar-refractivity contribution is 7.89. The van der Waals surface area contributed by atoms with E-state index in [1.807, 2.05) is 12.1 Å². The summed E-state index contributed by atoms with van der Waals surface area (Å²) < 4.78 is 27.2. The lowest BCUT2D eigenvalue weighted by atomic mass is 10.1. The number of nitrogens with zero attached hydrogens (tertiary/aromatic N) is 4. The monoisotopic (exact) mass is 434 g/mol. The van der Waals surface area contributed by atoms with Crippen molar-refractivity contribution in [3.63, 3.8) is 0 Å². The van der Waals surface area contributed by atoms with Crippen LogP contribution in [-0.4, -0.2) is 48.7 Å². The van der Waals surface area contributed by atoms with Crippen LogP contribution in [0.2, 0.25) is 5.02 Å². The fraction of sp³-hybridized carbons (Fsp3) is 0.316.